The number of fused-ring (bicyclic) bond motifs is 2. The molecule has 0 radical (unpaired) electrons. The Hall–Kier alpha value is -0.0800. The van der Waals surface area contributed by atoms with Gasteiger partial charge in [0, 0.05) is 18.1 Å². The van der Waals surface area contributed by atoms with Gasteiger partial charge in [-0.3, -0.25) is 0 Å². The molecule has 0 heterocycles. The van der Waals surface area contributed by atoms with E-state index in [2.05, 4.69) is 26.1 Å². The van der Waals surface area contributed by atoms with Crippen molar-refractivity contribution in [1.82, 2.24) is 5.32 Å². The normalized spacial score (nSPS) is 50.7. The Morgan fingerprint density at radius 1 is 1.06 bits per heavy atom. The Bertz CT molecular complexity index is 325. The minimum absolute atomic E-state index is 0.440. The zero-order valence-electron chi connectivity index (χ0n) is 12.3. The summed E-state index contributed by atoms with van der Waals surface area (Å²) in [6.07, 6.45) is 9.34. The molecule has 3 N–H and O–H groups in total. The van der Waals surface area contributed by atoms with Crippen LogP contribution in [0.3, 0.4) is 0 Å². The van der Waals surface area contributed by atoms with Crippen molar-refractivity contribution in [3.8, 4) is 0 Å². The van der Waals surface area contributed by atoms with Crippen LogP contribution in [0.1, 0.15) is 65.7 Å². The minimum Gasteiger partial charge on any atom is -0.328 e. The molecule has 3 fully saturated rings. The van der Waals surface area contributed by atoms with E-state index in [0.29, 0.717) is 22.9 Å². The van der Waals surface area contributed by atoms with Gasteiger partial charge in [-0.1, -0.05) is 27.2 Å². The monoisotopic (exact) mass is 250 g/mol. The average Bonchev–Trinajstić information content (AvgIpc) is 2.62. The number of nitrogens with one attached hydrogen (secondary N) is 1. The number of hydrogen-bond acceptors (Lipinski definition) is 2. The van der Waals surface area contributed by atoms with Crippen LogP contribution < -0.4 is 11.1 Å². The second kappa shape index (κ2) is 4.21. The van der Waals surface area contributed by atoms with Crippen molar-refractivity contribution in [1.29, 1.82) is 0 Å². The molecule has 18 heavy (non-hydrogen) atoms. The molecule has 5 atom stereocenters. The molecule has 5 unspecified atom stereocenters. The lowest BCUT2D eigenvalue weighted by Gasteiger charge is -2.42. The second-order valence-electron chi connectivity index (χ2n) is 7.95. The molecule has 0 saturated heterocycles. The molecule has 3 aliphatic rings. The van der Waals surface area contributed by atoms with Crippen molar-refractivity contribution in [3.05, 3.63) is 0 Å². The Morgan fingerprint density at radius 3 is 2.39 bits per heavy atom. The van der Waals surface area contributed by atoms with Gasteiger partial charge in [0.15, 0.2) is 0 Å². The zero-order valence-corrected chi connectivity index (χ0v) is 12.3. The Balaban J connectivity index is 1.68. The van der Waals surface area contributed by atoms with Crippen LogP contribution in [0, 0.1) is 16.7 Å². The van der Waals surface area contributed by atoms with Gasteiger partial charge in [0.25, 0.3) is 0 Å². The fraction of sp³-hybridized carbons (Fsp3) is 1.00. The fourth-order valence-corrected chi connectivity index (χ4v) is 5.12. The topological polar surface area (TPSA) is 38.0 Å². The summed E-state index contributed by atoms with van der Waals surface area (Å²) in [6.45, 7) is 7.53. The van der Waals surface area contributed by atoms with E-state index in [9.17, 15) is 0 Å². The molecule has 2 nitrogen and oxygen atoms in total. The van der Waals surface area contributed by atoms with Crippen LogP contribution in [0.2, 0.25) is 0 Å². The first-order valence-corrected chi connectivity index (χ1v) is 7.95. The maximum atomic E-state index is 6.12. The summed E-state index contributed by atoms with van der Waals surface area (Å²) in [5.74, 6) is 0.942. The van der Waals surface area contributed by atoms with E-state index in [0.717, 1.165) is 12.0 Å². The molecule has 3 rings (SSSR count). The lowest BCUT2D eigenvalue weighted by atomic mass is 9.69. The summed E-state index contributed by atoms with van der Waals surface area (Å²) < 4.78 is 0. The van der Waals surface area contributed by atoms with Crippen LogP contribution >= 0.6 is 0 Å². The van der Waals surface area contributed by atoms with Crippen molar-refractivity contribution >= 4 is 0 Å². The quantitative estimate of drug-likeness (QED) is 0.790. The highest BCUT2D eigenvalue weighted by molar-refractivity contribution is 5.13. The summed E-state index contributed by atoms with van der Waals surface area (Å²) in [5.41, 5.74) is 7.16. The summed E-state index contributed by atoms with van der Waals surface area (Å²) in [4.78, 5) is 0. The third kappa shape index (κ3) is 1.76. The Labute approximate surface area is 112 Å². The van der Waals surface area contributed by atoms with Gasteiger partial charge in [0.05, 0.1) is 0 Å². The number of rotatable bonds is 2. The predicted molar refractivity (Wildman–Crippen MR) is 76.4 cm³/mol. The largest absolute Gasteiger partial charge is 0.328 e. The molecule has 2 bridgehead atoms. The lowest BCUT2D eigenvalue weighted by molar-refractivity contribution is 0.110. The summed E-state index contributed by atoms with van der Waals surface area (Å²) in [6, 6.07) is 1.86. The van der Waals surface area contributed by atoms with E-state index in [4.69, 9.17) is 5.73 Å². The average molecular weight is 250 g/mol. The van der Waals surface area contributed by atoms with E-state index < -0.39 is 0 Å². The van der Waals surface area contributed by atoms with Gasteiger partial charge in [0.1, 0.15) is 0 Å². The van der Waals surface area contributed by atoms with Crippen LogP contribution in [0.4, 0.5) is 0 Å². The first-order chi connectivity index (χ1) is 8.43. The molecule has 0 spiro atoms. The van der Waals surface area contributed by atoms with E-state index in [1.165, 1.54) is 44.9 Å². The van der Waals surface area contributed by atoms with Gasteiger partial charge in [-0.15, -0.1) is 0 Å². The van der Waals surface area contributed by atoms with Crippen LogP contribution in [-0.2, 0) is 0 Å². The third-order valence-corrected chi connectivity index (χ3v) is 6.95. The van der Waals surface area contributed by atoms with Gasteiger partial charge in [-0.25, -0.2) is 0 Å². The van der Waals surface area contributed by atoms with Crippen LogP contribution in [0.5, 0.6) is 0 Å². The predicted octanol–water partition coefficient (Wildman–Crippen LogP) is 3.06. The highest BCUT2D eigenvalue weighted by atomic mass is 15.0. The molecule has 3 saturated carbocycles. The van der Waals surface area contributed by atoms with Crippen molar-refractivity contribution in [3.63, 3.8) is 0 Å². The molecule has 104 valence electrons. The molecular weight excluding hydrogens is 220 g/mol. The van der Waals surface area contributed by atoms with Crippen LogP contribution in [-0.4, -0.2) is 18.1 Å². The lowest BCUT2D eigenvalue weighted by Crippen LogP contribution is -2.50. The Morgan fingerprint density at radius 2 is 1.83 bits per heavy atom. The van der Waals surface area contributed by atoms with Gasteiger partial charge < -0.3 is 11.1 Å². The minimum atomic E-state index is 0.440. The first-order valence-electron chi connectivity index (χ1n) is 7.95. The first kappa shape index (κ1) is 12.9. The van der Waals surface area contributed by atoms with Gasteiger partial charge in [-0.2, -0.15) is 0 Å². The summed E-state index contributed by atoms with van der Waals surface area (Å²) in [5, 5.41) is 4.00. The molecule has 0 aromatic carbocycles. The molecule has 0 aliphatic heterocycles. The SMILES string of the molecule is CC1(C)C2CCC1(C)C(NC1CCCC(N)C1)C2. The maximum Gasteiger partial charge on any atom is 0.0131 e. The number of nitrogens with two attached hydrogens (primary N) is 1. The van der Waals surface area contributed by atoms with Crippen molar-refractivity contribution in [2.45, 2.75) is 83.8 Å². The smallest absolute Gasteiger partial charge is 0.0131 e. The number of hydrogen-bond donors (Lipinski definition) is 2. The standard InChI is InChI=1S/C16H30N2/c1-15(2)11-7-8-16(15,3)14(9-11)18-13-6-4-5-12(17)10-13/h11-14,18H,4-10,17H2,1-3H3. The van der Waals surface area contributed by atoms with E-state index in [1.807, 2.05) is 0 Å². The molecule has 2 heteroatoms. The van der Waals surface area contributed by atoms with Crippen molar-refractivity contribution in [2.75, 3.05) is 0 Å². The summed E-state index contributed by atoms with van der Waals surface area (Å²) >= 11 is 0. The second-order valence-corrected chi connectivity index (χ2v) is 7.95. The molecule has 0 aromatic rings. The highest BCUT2D eigenvalue weighted by Gasteiger charge is 2.61. The molecule has 3 aliphatic carbocycles. The van der Waals surface area contributed by atoms with Crippen LogP contribution in [0.15, 0.2) is 0 Å². The van der Waals surface area contributed by atoms with Crippen LogP contribution in [0.25, 0.3) is 0 Å². The Kier molecular flexibility index (Phi) is 3.02. The van der Waals surface area contributed by atoms with Gasteiger partial charge in [-0.05, 0) is 55.3 Å². The van der Waals surface area contributed by atoms with E-state index >= 15 is 0 Å². The van der Waals surface area contributed by atoms with Crippen molar-refractivity contribution in [2.24, 2.45) is 22.5 Å². The van der Waals surface area contributed by atoms with Crippen molar-refractivity contribution < 1.29 is 0 Å². The fourth-order valence-electron chi connectivity index (χ4n) is 5.12. The summed E-state index contributed by atoms with van der Waals surface area (Å²) in [7, 11) is 0. The van der Waals surface area contributed by atoms with Gasteiger partial charge >= 0.3 is 0 Å². The zero-order chi connectivity index (χ0) is 13.0. The molecular formula is C16H30N2. The van der Waals surface area contributed by atoms with Gasteiger partial charge in [0.2, 0.25) is 0 Å². The van der Waals surface area contributed by atoms with E-state index in [1.54, 1.807) is 0 Å². The highest BCUT2D eigenvalue weighted by Crippen LogP contribution is 2.65. The maximum absolute atomic E-state index is 6.12. The molecule has 0 amide bonds. The van der Waals surface area contributed by atoms with E-state index in [-0.39, 0.29) is 0 Å². The third-order valence-electron chi connectivity index (χ3n) is 6.95. The molecule has 0 aromatic heterocycles.